The Labute approximate surface area is 85.4 Å². The van der Waals surface area contributed by atoms with Gasteiger partial charge in [0.1, 0.15) is 0 Å². The Balaban J connectivity index is 2.48. The summed E-state index contributed by atoms with van der Waals surface area (Å²) in [5, 5.41) is 9.17. The molecule has 0 N–H and O–H groups in total. The molecule has 0 spiro atoms. The number of rotatable bonds is 2. The fourth-order valence-electron chi connectivity index (χ4n) is 2.00. The van der Waals surface area contributed by atoms with Crippen molar-refractivity contribution in [2.45, 2.75) is 38.0 Å². The maximum absolute atomic E-state index is 9.17. The van der Waals surface area contributed by atoms with Crippen LogP contribution < -0.4 is 0 Å². The molecule has 1 saturated carbocycles. The number of nitrogens with zero attached hydrogens (tertiary/aromatic N) is 1. The first-order valence-corrected chi connectivity index (χ1v) is 5.20. The van der Waals surface area contributed by atoms with Gasteiger partial charge in [-0.25, -0.2) is 0 Å². The molecule has 0 unspecified atom stereocenters. The Bertz CT molecular complexity index is 380. The molecule has 2 rings (SSSR count). The van der Waals surface area contributed by atoms with Crippen molar-refractivity contribution >= 4 is 0 Å². The first kappa shape index (κ1) is 9.27. The number of hydrogen-bond donors (Lipinski definition) is 0. The minimum atomic E-state index is -0.138. The lowest BCUT2D eigenvalue weighted by molar-refractivity contribution is 0.803. The lowest BCUT2D eigenvalue weighted by Gasteiger charge is -2.15. The van der Waals surface area contributed by atoms with E-state index in [-0.39, 0.29) is 5.41 Å². The Morgan fingerprint density at radius 1 is 1.29 bits per heavy atom. The summed E-state index contributed by atoms with van der Waals surface area (Å²) in [5.74, 6) is 0.511. The molecule has 0 heterocycles. The van der Waals surface area contributed by atoms with Gasteiger partial charge in [0, 0.05) is 0 Å². The van der Waals surface area contributed by atoms with Gasteiger partial charge in [-0.05, 0) is 29.9 Å². The van der Waals surface area contributed by atoms with Crippen molar-refractivity contribution < 1.29 is 0 Å². The molecule has 1 heteroatoms. The van der Waals surface area contributed by atoms with Crippen molar-refractivity contribution in [3.63, 3.8) is 0 Å². The molecule has 14 heavy (non-hydrogen) atoms. The van der Waals surface area contributed by atoms with Gasteiger partial charge in [0.15, 0.2) is 0 Å². The third-order valence-electron chi connectivity index (χ3n) is 3.06. The normalized spacial score (nSPS) is 17.9. The van der Waals surface area contributed by atoms with E-state index < -0.39 is 0 Å². The third kappa shape index (κ3) is 1.32. The summed E-state index contributed by atoms with van der Waals surface area (Å²) in [5.41, 5.74) is 2.46. The average Bonchev–Trinajstić information content (AvgIpc) is 2.98. The van der Waals surface area contributed by atoms with Gasteiger partial charge in [0.05, 0.1) is 11.5 Å². The van der Waals surface area contributed by atoms with Gasteiger partial charge in [0.2, 0.25) is 0 Å². The summed E-state index contributed by atoms with van der Waals surface area (Å²) in [6.07, 6.45) is 2.07. The van der Waals surface area contributed by atoms with Crippen LogP contribution in [-0.2, 0) is 5.41 Å². The van der Waals surface area contributed by atoms with Gasteiger partial charge >= 0.3 is 0 Å². The molecular weight excluding hydrogens is 170 g/mol. The standard InChI is InChI=1S/C13H15N/c1-10(2)11-5-3-4-6-12(11)13(9-14)7-8-13/h3-6,10H,7-8H2,1-2H3. The van der Waals surface area contributed by atoms with E-state index in [1.165, 1.54) is 11.1 Å². The molecule has 1 aliphatic rings. The van der Waals surface area contributed by atoms with Crippen molar-refractivity contribution in [3.8, 4) is 6.07 Å². The lowest BCUT2D eigenvalue weighted by atomic mass is 9.87. The molecule has 0 aromatic heterocycles. The Hall–Kier alpha value is -1.29. The first-order chi connectivity index (χ1) is 6.69. The predicted octanol–water partition coefficient (Wildman–Crippen LogP) is 3.37. The molecule has 0 amide bonds. The summed E-state index contributed by atoms with van der Waals surface area (Å²) in [4.78, 5) is 0. The molecule has 1 nitrogen and oxygen atoms in total. The maximum Gasteiger partial charge on any atom is 0.0826 e. The highest BCUT2D eigenvalue weighted by Crippen LogP contribution is 2.49. The molecule has 0 radical (unpaired) electrons. The van der Waals surface area contributed by atoms with Crippen molar-refractivity contribution in [2.24, 2.45) is 0 Å². The van der Waals surface area contributed by atoms with Gasteiger partial charge in [0.25, 0.3) is 0 Å². The van der Waals surface area contributed by atoms with Crippen LogP contribution in [0, 0.1) is 11.3 Å². The van der Waals surface area contributed by atoms with Gasteiger partial charge in [-0.1, -0.05) is 38.1 Å². The van der Waals surface area contributed by atoms with Gasteiger partial charge < -0.3 is 0 Å². The fourth-order valence-corrected chi connectivity index (χ4v) is 2.00. The second-order valence-electron chi connectivity index (χ2n) is 4.44. The van der Waals surface area contributed by atoms with Crippen LogP contribution in [0.4, 0.5) is 0 Å². The van der Waals surface area contributed by atoms with Crippen LogP contribution in [0.3, 0.4) is 0 Å². The highest BCUT2D eigenvalue weighted by Gasteiger charge is 2.46. The van der Waals surface area contributed by atoms with Crippen molar-refractivity contribution in [1.82, 2.24) is 0 Å². The molecule has 1 fully saturated rings. The van der Waals surface area contributed by atoms with Crippen LogP contribution in [0.1, 0.15) is 43.7 Å². The van der Waals surface area contributed by atoms with Crippen molar-refractivity contribution in [1.29, 1.82) is 5.26 Å². The number of hydrogen-bond acceptors (Lipinski definition) is 1. The molecule has 0 bridgehead atoms. The van der Waals surface area contributed by atoms with Crippen molar-refractivity contribution in [3.05, 3.63) is 35.4 Å². The van der Waals surface area contributed by atoms with E-state index in [0.717, 1.165) is 12.8 Å². The zero-order chi connectivity index (χ0) is 10.2. The zero-order valence-electron chi connectivity index (χ0n) is 8.75. The van der Waals surface area contributed by atoms with Crippen LogP contribution in [-0.4, -0.2) is 0 Å². The minimum Gasteiger partial charge on any atom is -0.197 e. The third-order valence-corrected chi connectivity index (χ3v) is 3.06. The molecule has 0 atom stereocenters. The molecular formula is C13H15N. The molecule has 72 valence electrons. The Kier molecular flexibility index (Phi) is 2.07. The van der Waals surface area contributed by atoms with E-state index in [1.807, 2.05) is 6.07 Å². The smallest absolute Gasteiger partial charge is 0.0826 e. The molecule has 1 aliphatic carbocycles. The average molecular weight is 185 g/mol. The zero-order valence-corrected chi connectivity index (χ0v) is 8.75. The van der Waals surface area contributed by atoms with Crippen LogP contribution >= 0.6 is 0 Å². The monoisotopic (exact) mass is 185 g/mol. The summed E-state index contributed by atoms with van der Waals surface area (Å²) >= 11 is 0. The Morgan fingerprint density at radius 2 is 1.93 bits per heavy atom. The molecule has 0 aliphatic heterocycles. The summed E-state index contributed by atoms with van der Waals surface area (Å²) in [7, 11) is 0. The minimum absolute atomic E-state index is 0.138. The van der Waals surface area contributed by atoms with E-state index in [2.05, 4.69) is 38.1 Å². The second-order valence-corrected chi connectivity index (χ2v) is 4.44. The Morgan fingerprint density at radius 3 is 2.43 bits per heavy atom. The van der Waals surface area contributed by atoms with E-state index in [9.17, 15) is 0 Å². The summed E-state index contributed by atoms with van der Waals surface area (Å²) in [6, 6.07) is 10.8. The van der Waals surface area contributed by atoms with E-state index in [1.54, 1.807) is 0 Å². The topological polar surface area (TPSA) is 23.8 Å². The van der Waals surface area contributed by atoms with Crippen LogP contribution in [0.5, 0.6) is 0 Å². The van der Waals surface area contributed by atoms with E-state index in [4.69, 9.17) is 5.26 Å². The van der Waals surface area contributed by atoms with Crippen LogP contribution in [0.15, 0.2) is 24.3 Å². The van der Waals surface area contributed by atoms with E-state index in [0.29, 0.717) is 5.92 Å². The van der Waals surface area contributed by atoms with Crippen LogP contribution in [0.2, 0.25) is 0 Å². The van der Waals surface area contributed by atoms with Gasteiger partial charge in [-0.15, -0.1) is 0 Å². The van der Waals surface area contributed by atoms with E-state index >= 15 is 0 Å². The lowest BCUT2D eigenvalue weighted by Crippen LogP contribution is -2.07. The molecule has 0 saturated heterocycles. The highest BCUT2D eigenvalue weighted by atomic mass is 14.5. The molecule has 1 aromatic carbocycles. The summed E-state index contributed by atoms with van der Waals surface area (Å²) < 4.78 is 0. The fraction of sp³-hybridized carbons (Fsp3) is 0.462. The predicted molar refractivity (Wildman–Crippen MR) is 57.1 cm³/mol. The van der Waals surface area contributed by atoms with Gasteiger partial charge in [-0.3, -0.25) is 0 Å². The largest absolute Gasteiger partial charge is 0.197 e. The molecule has 1 aromatic rings. The van der Waals surface area contributed by atoms with Gasteiger partial charge in [-0.2, -0.15) is 5.26 Å². The highest BCUT2D eigenvalue weighted by molar-refractivity contribution is 5.45. The first-order valence-electron chi connectivity index (χ1n) is 5.20. The maximum atomic E-state index is 9.17. The van der Waals surface area contributed by atoms with Crippen LogP contribution in [0.25, 0.3) is 0 Å². The number of nitriles is 1. The van der Waals surface area contributed by atoms with Crippen molar-refractivity contribution in [2.75, 3.05) is 0 Å². The summed E-state index contributed by atoms with van der Waals surface area (Å²) in [6.45, 7) is 4.37. The SMILES string of the molecule is CC(C)c1ccccc1C1(C#N)CC1. The second kappa shape index (κ2) is 3.13. The quantitative estimate of drug-likeness (QED) is 0.693. The number of benzene rings is 1.